The number of cyclic esters (lactones) is 1. The molecule has 0 unspecified atom stereocenters. The van der Waals surface area contributed by atoms with Gasteiger partial charge in [-0.2, -0.15) is 0 Å². The molecule has 9 atom stereocenters. The van der Waals surface area contributed by atoms with Gasteiger partial charge in [0.1, 0.15) is 6.10 Å². The highest BCUT2D eigenvalue weighted by molar-refractivity contribution is 5.90. The van der Waals surface area contributed by atoms with Gasteiger partial charge in [0.05, 0.1) is 48.8 Å². The molecule has 0 aromatic rings. The molecule has 0 bridgehead atoms. The van der Waals surface area contributed by atoms with Crippen LogP contribution in [0.5, 0.6) is 0 Å². The largest absolute Gasteiger partial charge is 0.455 e. The maximum Gasteiger partial charge on any atom is 0.334 e. The van der Waals surface area contributed by atoms with Crippen molar-refractivity contribution in [2.75, 3.05) is 0 Å². The first-order valence-corrected chi connectivity index (χ1v) is 18.7. The zero-order valence-corrected chi connectivity index (χ0v) is 28.5. The van der Waals surface area contributed by atoms with Crippen molar-refractivity contribution in [3.63, 3.8) is 0 Å². The Kier molecular flexibility index (Phi) is 18.6. The summed E-state index contributed by atoms with van der Waals surface area (Å²) in [5, 5.41) is 42.0. The maximum atomic E-state index is 11.7. The van der Waals surface area contributed by atoms with Crippen molar-refractivity contribution in [2.24, 2.45) is 0 Å². The molecule has 3 aliphatic rings. The van der Waals surface area contributed by atoms with Crippen LogP contribution in [0.4, 0.5) is 0 Å². The molecule has 8 nitrogen and oxygen atoms in total. The average molecular weight is 639 g/mol. The lowest BCUT2D eigenvalue weighted by molar-refractivity contribution is -0.139. The number of ether oxygens (including phenoxy) is 3. The van der Waals surface area contributed by atoms with Gasteiger partial charge in [0.2, 0.25) is 0 Å². The zero-order chi connectivity index (χ0) is 32.4. The second-order valence-electron chi connectivity index (χ2n) is 14.2. The highest BCUT2D eigenvalue weighted by atomic mass is 16.6. The van der Waals surface area contributed by atoms with Crippen molar-refractivity contribution in [1.29, 1.82) is 0 Å². The molecule has 0 saturated carbocycles. The number of carbonyl (C=O) groups excluding carboxylic acids is 1. The van der Waals surface area contributed by atoms with E-state index in [-0.39, 0.29) is 42.6 Å². The molecule has 3 rings (SSSR count). The van der Waals surface area contributed by atoms with Crippen molar-refractivity contribution in [3.8, 4) is 0 Å². The third kappa shape index (κ3) is 14.7. The van der Waals surface area contributed by atoms with Crippen LogP contribution in [0.15, 0.2) is 11.6 Å². The zero-order valence-electron chi connectivity index (χ0n) is 28.5. The number of esters is 1. The van der Waals surface area contributed by atoms with Crippen LogP contribution >= 0.6 is 0 Å². The van der Waals surface area contributed by atoms with Crippen LogP contribution in [0.25, 0.3) is 0 Å². The third-order valence-corrected chi connectivity index (χ3v) is 10.1. The summed E-state index contributed by atoms with van der Waals surface area (Å²) in [6.07, 6.45) is 21.7. The van der Waals surface area contributed by atoms with Gasteiger partial charge in [-0.15, -0.1) is 0 Å². The van der Waals surface area contributed by atoms with E-state index in [1.165, 1.54) is 44.9 Å². The van der Waals surface area contributed by atoms with Crippen molar-refractivity contribution in [1.82, 2.24) is 0 Å². The number of unbranched alkanes of at least 4 members (excludes halogenated alkanes) is 10. The highest BCUT2D eigenvalue weighted by Gasteiger charge is 2.40. The fourth-order valence-corrected chi connectivity index (χ4v) is 7.30. The van der Waals surface area contributed by atoms with Crippen molar-refractivity contribution in [3.05, 3.63) is 11.6 Å². The van der Waals surface area contributed by atoms with Crippen LogP contribution in [-0.2, 0) is 19.0 Å². The van der Waals surface area contributed by atoms with E-state index < -0.39 is 18.3 Å². The molecule has 0 aromatic carbocycles. The van der Waals surface area contributed by atoms with Gasteiger partial charge in [0, 0.05) is 12.0 Å². The quantitative estimate of drug-likeness (QED) is 0.0634. The minimum atomic E-state index is -0.533. The monoisotopic (exact) mass is 638 g/mol. The molecule has 2 fully saturated rings. The van der Waals surface area contributed by atoms with Crippen molar-refractivity contribution in [2.45, 2.75) is 216 Å². The Morgan fingerprint density at radius 1 is 0.644 bits per heavy atom. The Morgan fingerprint density at radius 2 is 1.09 bits per heavy atom. The number of hydrogen-bond acceptors (Lipinski definition) is 8. The van der Waals surface area contributed by atoms with E-state index in [2.05, 4.69) is 6.92 Å². The Labute approximate surface area is 273 Å². The topological polar surface area (TPSA) is 126 Å². The van der Waals surface area contributed by atoms with E-state index in [1.54, 1.807) is 6.08 Å². The lowest BCUT2D eigenvalue weighted by Gasteiger charge is -2.24. The van der Waals surface area contributed by atoms with Crippen LogP contribution in [-0.4, -0.2) is 81.3 Å². The molecule has 8 heteroatoms. The second kappa shape index (κ2) is 21.8. The molecular weight excluding hydrogens is 572 g/mol. The van der Waals surface area contributed by atoms with Gasteiger partial charge in [-0.05, 0) is 70.8 Å². The van der Waals surface area contributed by atoms with Gasteiger partial charge in [-0.25, -0.2) is 4.79 Å². The molecule has 4 N–H and O–H groups in total. The van der Waals surface area contributed by atoms with E-state index in [1.807, 2.05) is 6.92 Å². The van der Waals surface area contributed by atoms with Crippen LogP contribution in [0.2, 0.25) is 0 Å². The Morgan fingerprint density at radius 3 is 1.62 bits per heavy atom. The standard InChI is InChI=1S/C37H66O8/c1-3-4-5-6-7-8-9-13-19-31(40)33-21-23-35(44-33)36-24-22-34(45-36)32(41)20-15-14-17-29(38)16-11-10-12-18-30(39)26-28-25-27(2)43-37(28)42/h25,27,29-36,38-41H,3-24,26H2,1-2H3/t27-,29+,30+,31+,32+,33+,34+,35-,36-/m0/s1. The first kappa shape index (κ1) is 38.4. The first-order valence-electron chi connectivity index (χ1n) is 18.7. The summed E-state index contributed by atoms with van der Waals surface area (Å²) >= 11 is 0. The van der Waals surface area contributed by atoms with Gasteiger partial charge in [0.15, 0.2) is 0 Å². The normalized spacial score (nSPS) is 27.8. The predicted octanol–water partition coefficient (Wildman–Crippen LogP) is 6.83. The summed E-state index contributed by atoms with van der Waals surface area (Å²) in [6.45, 7) is 4.06. The van der Waals surface area contributed by atoms with Gasteiger partial charge < -0.3 is 34.6 Å². The number of hydrogen-bond donors (Lipinski definition) is 4. The summed E-state index contributed by atoms with van der Waals surface area (Å²) in [7, 11) is 0. The van der Waals surface area contributed by atoms with Gasteiger partial charge in [-0.3, -0.25) is 0 Å². The summed E-state index contributed by atoms with van der Waals surface area (Å²) < 4.78 is 17.6. The molecule has 45 heavy (non-hydrogen) atoms. The highest BCUT2D eigenvalue weighted by Crippen LogP contribution is 2.34. The van der Waals surface area contributed by atoms with E-state index in [9.17, 15) is 25.2 Å². The average Bonchev–Trinajstić information content (AvgIpc) is 3.76. The van der Waals surface area contributed by atoms with E-state index in [0.29, 0.717) is 24.8 Å². The van der Waals surface area contributed by atoms with E-state index in [4.69, 9.17) is 14.2 Å². The fraction of sp³-hybridized carbons (Fsp3) is 0.919. The Hall–Kier alpha value is -1.03. The van der Waals surface area contributed by atoms with Crippen LogP contribution in [0.3, 0.4) is 0 Å². The van der Waals surface area contributed by atoms with E-state index >= 15 is 0 Å². The molecule has 0 aliphatic carbocycles. The fourth-order valence-electron chi connectivity index (χ4n) is 7.30. The summed E-state index contributed by atoms with van der Waals surface area (Å²) in [4.78, 5) is 11.7. The lowest BCUT2D eigenvalue weighted by atomic mass is 9.99. The van der Waals surface area contributed by atoms with Gasteiger partial charge >= 0.3 is 5.97 Å². The number of carbonyl (C=O) groups is 1. The van der Waals surface area contributed by atoms with Crippen molar-refractivity contribution < 1.29 is 39.4 Å². The Balaban J connectivity index is 1.16. The van der Waals surface area contributed by atoms with Crippen LogP contribution in [0, 0.1) is 0 Å². The van der Waals surface area contributed by atoms with Gasteiger partial charge in [0.25, 0.3) is 0 Å². The maximum absolute atomic E-state index is 11.7. The molecule has 0 spiro atoms. The molecule has 3 aliphatic heterocycles. The molecule has 2 saturated heterocycles. The van der Waals surface area contributed by atoms with E-state index in [0.717, 1.165) is 83.5 Å². The van der Waals surface area contributed by atoms with Gasteiger partial charge in [-0.1, -0.05) is 90.4 Å². The number of aliphatic hydroxyl groups excluding tert-OH is 4. The SMILES string of the molecule is CCCCCCCCCC[C@@H](O)[C@H]1CC[C@@H]([C@@H]2CC[C@H]([C@H](O)CCCC[C@H](O)CCCCC[C@@H](O)CC3=C[C@H](C)OC3=O)O2)O1. The number of aliphatic hydroxyl groups is 4. The molecule has 0 aromatic heterocycles. The predicted molar refractivity (Wildman–Crippen MR) is 177 cm³/mol. The van der Waals surface area contributed by atoms with Crippen LogP contribution in [0.1, 0.15) is 162 Å². The summed E-state index contributed by atoms with van der Waals surface area (Å²) in [5.41, 5.74) is 0.575. The minimum absolute atomic E-state index is 0.00732. The number of rotatable bonds is 25. The summed E-state index contributed by atoms with van der Waals surface area (Å²) in [5.74, 6) is -0.315. The molecular formula is C37H66O8. The second-order valence-corrected chi connectivity index (χ2v) is 14.2. The third-order valence-electron chi connectivity index (χ3n) is 10.1. The molecule has 3 heterocycles. The van der Waals surface area contributed by atoms with Crippen molar-refractivity contribution >= 4 is 5.97 Å². The smallest absolute Gasteiger partial charge is 0.334 e. The first-order chi connectivity index (χ1) is 21.8. The minimum Gasteiger partial charge on any atom is -0.455 e. The summed E-state index contributed by atoms with van der Waals surface area (Å²) in [6, 6.07) is 0. The molecule has 0 radical (unpaired) electrons. The molecule has 0 amide bonds. The Bertz CT molecular complexity index is 833. The molecule has 262 valence electrons. The lowest BCUT2D eigenvalue weighted by Crippen LogP contribution is -2.33. The van der Waals surface area contributed by atoms with Crippen LogP contribution < -0.4 is 0 Å².